The van der Waals surface area contributed by atoms with Gasteiger partial charge in [0.2, 0.25) is 0 Å². The van der Waals surface area contributed by atoms with Crippen molar-refractivity contribution < 1.29 is 19.1 Å². The Kier molecular flexibility index (Phi) is 3.63. The fraction of sp³-hybridized carbons (Fsp3) is 0.895. The second kappa shape index (κ2) is 4.97. The summed E-state index contributed by atoms with van der Waals surface area (Å²) in [5.74, 6) is 0.373. The highest BCUT2D eigenvalue weighted by atomic mass is 16.6. The predicted molar refractivity (Wildman–Crippen MR) is 86.6 cm³/mol. The van der Waals surface area contributed by atoms with Crippen LogP contribution >= 0.6 is 0 Å². The van der Waals surface area contributed by atoms with Crippen molar-refractivity contribution in [3.63, 3.8) is 0 Å². The lowest BCUT2D eigenvalue weighted by atomic mass is 9.62. The van der Waals surface area contributed by atoms with Gasteiger partial charge in [0.05, 0.1) is 0 Å². The molecule has 4 bridgehead atoms. The maximum Gasteiger partial charge on any atom is 0.302 e. The number of ether oxygens (including phenoxy) is 2. The Bertz CT molecular complexity index is 539. The van der Waals surface area contributed by atoms with Gasteiger partial charge in [-0.25, -0.2) is 0 Å². The molecule has 4 heteroatoms. The minimum absolute atomic E-state index is 0.0342. The zero-order valence-electron chi connectivity index (χ0n) is 15.3. The van der Waals surface area contributed by atoms with Crippen LogP contribution in [0.2, 0.25) is 0 Å². The maximum atomic E-state index is 11.8. The lowest BCUT2D eigenvalue weighted by molar-refractivity contribution is -0.177. The molecule has 6 atom stereocenters. The van der Waals surface area contributed by atoms with Crippen molar-refractivity contribution >= 4 is 11.9 Å². The lowest BCUT2D eigenvalue weighted by Gasteiger charge is -2.48. The summed E-state index contributed by atoms with van der Waals surface area (Å²) in [4.78, 5) is 23.3. The van der Waals surface area contributed by atoms with Crippen molar-refractivity contribution in [1.82, 2.24) is 0 Å². The Hall–Kier alpha value is -1.06. The molecule has 3 aliphatic carbocycles. The van der Waals surface area contributed by atoms with Crippen LogP contribution in [0.1, 0.15) is 67.2 Å². The Morgan fingerprint density at radius 2 is 1.43 bits per heavy atom. The van der Waals surface area contributed by atoms with Crippen molar-refractivity contribution in [3.8, 4) is 0 Å². The smallest absolute Gasteiger partial charge is 0.302 e. The fourth-order valence-electron chi connectivity index (χ4n) is 6.32. The Morgan fingerprint density at radius 3 is 2.00 bits per heavy atom. The first kappa shape index (κ1) is 16.8. The van der Waals surface area contributed by atoms with Crippen molar-refractivity contribution in [3.05, 3.63) is 0 Å². The normalized spacial score (nSPS) is 47.0. The number of hydrogen-bond donors (Lipinski definition) is 0. The van der Waals surface area contributed by atoms with Crippen LogP contribution in [0.15, 0.2) is 0 Å². The fourth-order valence-corrected chi connectivity index (χ4v) is 6.32. The zero-order chi connectivity index (χ0) is 17.2. The quantitative estimate of drug-likeness (QED) is 0.727. The predicted octanol–water partition coefficient (Wildman–Crippen LogP) is 3.72. The van der Waals surface area contributed by atoms with E-state index in [0.717, 1.165) is 19.3 Å². The Labute approximate surface area is 139 Å². The molecule has 0 spiro atoms. The molecule has 0 aromatic heterocycles. The van der Waals surface area contributed by atoms with Gasteiger partial charge in [0.15, 0.2) is 0 Å². The van der Waals surface area contributed by atoms with E-state index in [1.807, 2.05) is 0 Å². The van der Waals surface area contributed by atoms with Crippen LogP contribution in [0, 0.1) is 28.1 Å². The van der Waals surface area contributed by atoms with Gasteiger partial charge in [0, 0.05) is 30.6 Å². The molecule has 3 rings (SSSR count). The van der Waals surface area contributed by atoms with Gasteiger partial charge in [-0.1, -0.05) is 27.7 Å². The monoisotopic (exact) mass is 322 g/mol. The molecule has 23 heavy (non-hydrogen) atoms. The molecule has 0 amide bonds. The average Bonchev–Trinajstić information content (AvgIpc) is 2.72. The van der Waals surface area contributed by atoms with Gasteiger partial charge in [-0.15, -0.1) is 0 Å². The van der Waals surface area contributed by atoms with E-state index in [9.17, 15) is 9.59 Å². The third-order valence-electron chi connectivity index (χ3n) is 7.70. The molecule has 0 saturated heterocycles. The van der Waals surface area contributed by atoms with Gasteiger partial charge in [-0.05, 0) is 37.0 Å². The molecule has 130 valence electrons. The van der Waals surface area contributed by atoms with Crippen LogP contribution < -0.4 is 0 Å². The summed E-state index contributed by atoms with van der Waals surface area (Å²) < 4.78 is 11.6. The standard InChI is InChI=1S/C19H30O4/c1-11(20)22-14-8-10-18(5)13-7-9-19(18,6)16(23-12(2)21)15(13)17(14,3)4/h13-16H,7-10H2,1-6H3/t13-,14+,15-,16+,18+,19+/m0/s1. The number of esters is 2. The topological polar surface area (TPSA) is 52.6 Å². The first-order valence-corrected chi connectivity index (χ1v) is 8.88. The van der Waals surface area contributed by atoms with E-state index in [-0.39, 0.29) is 46.3 Å². The number of hydrogen-bond acceptors (Lipinski definition) is 4. The van der Waals surface area contributed by atoms with Gasteiger partial charge in [0.1, 0.15) is 12.2 Å². The minimum atomic E-state index is -0.216. The molecule has 3 fully saturated rings. The van der Waals surface area contributed by atoms with Crippen LogP contribution in [0.5, 0.6) is 0 Å². The molecule has 0 heterocycles. The van der Waals surface area contributed by atoms with Crippen molar-refractivity contribution in [2.45, 2.75) is 79.4 Å². The molecule has 4 nitrogen and oxygen atoms in total. The van der Waals surface area contributed by atoms with E-state index < -0.39 is 0 Å². The van der Waals surface area contributed by atoms with Crippen molar-refractivity contribution in [2.75, 3.05) is 0 Å². The first-order chi connectivity index (χ1) is 10.5. The number of carbonyl (C=O) groups excluding carboxylic acids is 2. The van der Waals surface area contributed by atoms with Crippen molar-refractivity contribution in [1.29, 1.82) is 0 Å². The Balaban J connectivity index is 2.05. The van der Waals surface area contributed by atoms with Crippen LogP contribution in [0.25, 0.3) is 0 Å². The highest BCUT2D eigenvalue weighted by Crippen LogP contribution is 2.75. The average molecular weight is 322 g/mol. The van der Waals surface area contributed by atoms with E-state index in [4.69, 9.17) is 9.47 Å². The SMILES string of the molecule is CC(=O)O[C@@H]1[C@@H]2[C@@H]3CC[C@@]1(C)[C@]3(C)CC[C@@H](OC(C)=O)C2(C)C. The summed E-state index contributed by atoms with van der Waals surface area (Å²) in [6, 6.07) is 0. The highest BCUT2D eigenvalue weighted by Gasteiger charge is 2.73. The third-order valence-corrected chi connectivity index (χ3v) is 7.70. The number of rotatable bonds is 2. The van der Waals surface area contributed by atoms with Gasteiger partial charge < -0.3 is 9.47 Å². The summed E-state index contributed by atoms with van der Waals surface area (Å²) in [5.41, 5.74) is 0.00279. The molecule has 0 aromatic carbocycles. The second-order valence-electron chi connectivity index (χ2n) is 8.99. The molecule has 3 aliphatic rings. The number of carbonyl (C=O) groups is 2. The molecule has 0 N–H and O–H groups in total. The van der Waals surface area contributed by atoms with Gasteiger partial charge in [-0.2, -0.15) is 0 Å². The first-order valence-electron chi connectivity index (χ1n) is 8.88. The summed E-state index contributed by atoms with van der Waals surface area (Å²) in [5, 5.41) is 0. The van der Waals surface area contributed by atoms with E-state index in [1.165, 1.54) is 20.3 Å². The van der Waals surface area contributed by atoms with E-state index in [1.54, 1.807) is 0 Å². The molecular formula is C19H30O4. The highest BCUT2D eigenvalue weighted by molar-refractivity contribution is 5.67. The molecule has 0 aromatic rings. The second-order valence-corrected chi connectivity index (χ2v) is 8.99. The van der Waals surface area contributed by atoms with E-state index >= 15 is 0 Å². The molecule has 0 radical (unpaired) electrons. The van der Waals surface area contributed by atoms with E-state index in [2.05, 4.69) is 27.7 Å². The largest absolute Gasteiger partial charge is 0.462 e. The summed E-state index contributed by atoms with van der Waals surface area (Å²) in [7, 11) is 0. The van der Waals surface area contributed by atoms with Gasteiger partial charge in [-0.3, -0.25) is 9.59 Å². The zero-order valence-corrected chi connectivity index (χ0v) is 15.3. The van der Waals surface area contributed by atoms with Crippen molar-refractivity contribution in [2.24, 2.45) is 28.1 Å². The molecular weight excluding hydrogens is 292 g/mol. The van der Waals surface area contributed by atoms with Crippen LogP contribution in [0.3, 0.4) is 0 Å². The minimum Gasteiger partial charge on any atom is -0.462 e. The van der Waals surface area contributed by atoms with Crippen LogP contribution in [-0.2, 0) is 19.1 Å². The van der Waals surface area contributed by atoms with Gasteiger partial charge >= 0.3 is 11.9 Å². The maximum absolute atomic E-state index is 11.8. The Morgan fingerprint density at radius 1 is 0.870 bits per heavy atom. The summed E-state index contributed by atoms with van der Waals surface area (Å²) in [6.45, 7) is 12.1. The lowest BCUT2D eigenvalue weighted by Crippen LogP contribution is -2.51. The molecule has 0 aliphatic heterocycles. The van der Waals surface area contributed by atoms with Crippen LogP contribution in [0.4, 0.5) is 0 Å². The summed E-state index contributed by atoms with van der Waals surface area (Å²) >= 11 is 0. The summed E-state index contributed by atoms with van der Waals surface area (Å²) in [6.07, 6.45) is 4.07. The van der Waals surface area contributed by atoms with Gasteiger partial charge in [0.25, 0.3) is 0 Å². The van der Waals surface area contributed by atoms with E-state index in [0.29, 0.717) is 5.92 Å². The third kappa shape index (κ3) is 2.09. The molecule has 0 unspecified atom stereocenters. The molecule has 3 saturated carbocycles. The van der Waals surface area contributed by atoms with Crippen LogP contribution in [-0.4, -0.2) is 24.1 Å².